The molecule has 0 atom stereocenters. The predicted molar refractivity (Wildman–Crippen MR) is 128 cm³/mol. The van der Waals surface area contributed by atoms with Gasteiger partial charge in [-0.2, -0.15) is 4.31 Å². The first-order valence-corrected chi connectivity index (χ1v) is 12.7. The van der Waals surface area contributed by atoms with Crippen molar-refractivity contribution in [2.45, 2.75) is 36.7 Å². The van der Waals surface area contributed by atoms with Gasteiger partial charge in [0, 0.05) is 45.2 Å². The first-order valence-electron chi connectivity index (χ1n) is 11.3. The zero-order valence-electron chi connectivity index (χ0n) is 19.2. The molecule has 176 valence electrons. The number of nitrogens with zero attached hydrogens (tertiary/aromatic N) is 3. The fraction of sp³-hybridized carbons (Fsp3) is 0.400. The zero-order valence-corrected chi connectivity index (χ0v) is 20.0. The standard InChI is InChI=1S/C25H31N3O4S/c1-26-14-5-9-23(26)18-28(22-11-12-22)25(29)19-27(15-6-16-32-2)33(30,31)24-13-10-20-7-3-4-8-21(20)17-24/h3-5,7-10,13-14,17,22H,6,11-12,15-16,18-19H2,1-2H3. The molecule has 1 amide bonds. The highest BCUT2D eigenvalue weighted by Gasteiger charge is 2.35. The molecule has 7 nitrogen and oxygen atoms in total. The van der Waals surface area contributed by atoms with Crippen molar-refractivity contribution in [1.29, 1.82) is 0 Å². The second kappa shape index (κ2) is 10.1. The van der Waals surface area contributed by atoms with E-state index >= 15 is 0 Å². The molecule has 1 saturated carbocycles. The minimum absolute atomic E-state index is 0.166. The molecule has 2 aromatic carbocycles. The number of carbonyl (C=O) groups is 1. The van der Waals surface area contributed by atoms with Crippen LogP contribution in [0.5, 0.6) is 0 Å². The molecule has 1 aromatic heterocycles. The van der Waals surface area contributed by atoms with Crippen molar-refractivity contribution in [3.05, 3.63) is 66.5 Å². The summed E-state index contributed by atoms with van der Waals surface area (Å²) in [5, 5.41) is 1.82. The summed E-state index contributed by atoms with van der Waals surface area (Å²) in [5.41, 5.74) is 1.03. The Labute approximate surface area is 195 Å². The fourth-order valence-electron chi connectivity index (χ4n) is 4.03. The van der Waals surface area contributed by atoms with Gasteiger partial charge in [0.25, 0.3) is 0 Å². The van der Waals surface area contributed by atoms with Crippen LogP contribution in [0.1, 0.15) is 25.0 Å². The van der Waals surface area contributed by atoms with Gasteiger partial charge in [0.15, 0.2) is 0 Å². The van der Waals surface area contributed by atoms with Crippen LogP contribution in [-0.4, -0.2) is 60.9 Å². The summed E-state index contributed by atoms with van der Waals surface area (Å²) in [4.78, 5) is 15.4. The highest BCUT2D eigenvalue weighted by Crippen LogP contribution is 2.29. The number of sulfonamides is 1. The number of ether oxygens (including phenoxy) is 1. The molecule has 0 radical (unpaired) electrons. The summed E-state index contributed by atoms with van der Waals surface area (Å²) in [5.74, 6) is -0.166. The lowest BCUT2D eigenvalue weighted by Gasteiger charge is -2.27. The smallest absolute Gasteiger partial charge is 0.243 e. The fourth-order valence-corrected chi connectivity index (χ4v) is 5.49. The molecule has 0 unspecified atom stereocenters. The Balaban J connectivity index is 1.58. The third-order valence-corrected chi connectivity index (χ3v) is 7.96. The number of rotatable bonds is 11. The molecule has 3 aromatic rings. The summed E-state index contributed by atoms with van der Waals surface area (Å²) >= 11 is 0. The monoisotopic (exact) mass is 469 g/mol. The SMILES string of the molecule is COCCCN(CC(=O)N(Cc1cccn1C)C1CC1)S(=O)(=O)c1ccc2ccccc2c1. The molecular weight excluding hydrogens is 438 g/mol. The molecule has 0 saturated heterocycles. The molecular formula is C25H31N3O4S. The lowest BCUT2D eigenvalue weighted by molar-refractivity contribution is -0.132. The number of aromatic nitrogens is 1. The van der Waals surface area contributed by atoms with Gasteiger partial charge in [0.05, 0.1) is 18.0 Å². The third kappa shape index (κ3) is 5.46. The van der Waals surface area contributed by atoms with E-state index in [9.17, 15) is 13.2 Å². The maximum atomic E-state index is 13.6. The number of amides is 1. The van der Waals surface area contributed by atoms with Gasteiger partial charge in [-0.25, -0.2) is 8.42 Å². The van der Waals surface area contributed by atoms with Gasteiger partial charge < -0.3 is 14.2 Å². The lowest BCUT2D eigenvalue weighted by Crippen LogP contribution is -2.44. The van der Waals surface area contributed by atoms with Crippen molar-refractivity contribution >= 4 is 26.7 Å². The Kier molecular flexibility index (Phi) is 7.17. The molecule has 0 aliphatic heterocycles. The van der Waals surface area contributed by atoms with E-state index < -0.39 is 10.0 Å². The molecule has 0 N–H and O–H groups in total. The van der Waals surface area contributed by atoms with E-state index in [0.717, 1.165) is 29.3 Å². The van der Waals surface area contributed by atoms with Gasteiger partial charge in [-0.15, -0.1) is 0 Å². The first kappa shape index (κ1) is 23.5. The number of hydrogen-bond donors (Lipinski definition) is 0. The number of hydrogen-bond acceptors (Lipinski definition) is 4. The summed E-state index contributed by atoms with van der Waals surface area (Å²) in [6.07, 6.45) is 4.37. The van der Waals surface area contributed by atoms with Crippen molar-refractivity contribution in [2.24, 2.45) is 7.05 Å². The second-order valence-electron chi connectivity index (χ2n) is 8.56. The van der Waals surface area contributed by atoms with Crippen molar-refractivity contribution in [3.8, 4) is 0 Å². The first-order chi connectivity index (χ1) is 15.9. The molecule has 1 fully saturated rings. The van der Waals surface area contributed by atoms with E-state index in [4.69, 9.17) is 4.74 Å². The van der Waals surface area contributed by atoms with E-state index in [1.807, 2.05) is 65.2 Å². The van der Waals surface area contributed by atoms with Gasteiger partial charge >= 0.3 is 0 Å². The van der Waals surface area contributed by atoms with Crippen molar-refractivity contribution < 1.29 is 17.9 Å². The van der Waals surface area contributed by atoms with Crippen molar-refractivity contribution in [1.82, 2.24) is 13.8 Å². The topological polar surface area (TPSA) is 71.8 Å². The molecule has 8 heteroatoms. The van der Waals surface area contributed by atoms with Crippen molar-refractivity contribution in [3.63, 3.8) is 0 Å². The zero-order chi connectivity index (χ0) is 23.4. The van der Waals surface area contributed by atoms with Gasteiger partial charge in [-0.3, -0.25) is 4.79 Å². The molecule has 0 bridgehead atoms. The van der Waals surface area contributed by atoms with Crippen LogP contribution in [0.2, 0.25) is 0 Å². The van der Waals surface area contributed by atoms with E-state index in [1.54, 1.807) is 19.2 Å². The second-order valence-corrected chi connectivity index (χ2v) is 10.5. The van der Waals surface area contributed by atoms with E-state index in [2.05, 4.69) is 0 Å². The average Bonchev–Trinajstić information content (AvgIpc) is 3.57. The normalized spacial score (nSPS) is 14.2. The largest absolute Gasteiger partial charge is 0.385 e. The maximum Gasteiger partial charge on any atom is 0.243 e. The average molecular weight is 470 g/mol. The third-order valence-electron chi connectivity index (χ3n) is 6.12. The molecule has 1 aliphatic rings. The number of carbonyl (C=O) groups excluding carboxylic acids is 1. The van der Waals surface area contributed by atoms with E-state index in [1.165, 1.54) is 4.31 Å². The van der Waals surface area contributed by atoms with Gasteiger partial charge in [-0.05, 0) is 54.3 Å². The minimum atomic E-state index is -3.85. The van der Waals surface area contributed by atoms with E-state index in [-0.39, 0.29) is 29.9 Å². The quantitative estimate of drug-likeness (QED) is 0.404. The van der Waals surface area contributed by atoms with Crippen molar-refractivity contribution in [2.75, 3.05) is 26.8 Å². The van der Waals surface area contributed by atoms with Crippen LogP contribution < -0.4 is 0 Å². The van der Waals surface area contributed by atoms with Crippen LogP contribution in [0.25, 0.3) is 10.8 Å². The number of fused-ring (bicyclic) bond motifs is 1. The molecule has 0 spiro atoms. The van der Waals surface area contributed by atoms with Crippen LogP contribution in [-0.2, 0) is 33.1 Å². The summed E-state index contributed by atoms with van der Waals surface area (Å²) < 4.78 is 35.6. The molecule has 33 heavy (non-hydrogen) atoms. The number of methoxy groups -OCH3 is 1. The van der Waals surface area contributed by atoms with Gasteiger partial charge in [0.1, 0.15) is 0 Å². The maximum absolute atomic E-state index is 13.6. The van der Waals surface area contributed by atoms with Gasteiger partial charge in [0.2, 0.25) is 15.9 Å². The summed E-state index contributed by atoms with van der Waals surface area (Å²) in [6, 6.07) is 16.9. The Hall–Kier alpha value is -2.68. The summed E-state index contributed by atoms with van der Waals surface area (Å²) in [7, 11) is -0.316. The molecule has 4 rings (SSSR count). The van der Waals surface area contributed by atoms with Crippen LogP contribution in [0.4, 0.5) is 0 Å². The number of benzene rings is 2. The Bertz CT molecular complexity index is 1220. The van der Waals surface area contributed by atoms with Crippen LogP contribution in [0, 0.1) is 0 Å². The summed E-state index contributed by atoms with van der Waals surface area (Å²) in [6.45, 7) is 0.944. The highest BCUT2D eigenvalue weighted by molar-refractivity contribution is 7.89. The number of aryl methyl sites for hydroxylation is 1. The van der Waals surface area contributed by atoms with Crippen LogP contribution >= 0.6 is 0 Å². The van der Waals surface area contributed by atoms with Crippen LogP contribution in [0.15, 0.2) is 65.7 Å². The Morgan fingerprint density at radius 3 is 2.52 bits per heavy atom. The Morgan fingerprint density at radius 2 is 1.85 bits per heavy atom. The highest BCUT2D eigenvalue weighted by atomic mass is 32.2. The molecule has 1 heterocycles. The minimum Gasteiger partial charge on any atom is -0.385 e. The molecule has 1 aliphatic carbocycles. The van der Waals surface area contributed by atoms with E-state index in [0.29, 0.717) is 19.6 Å². The Morgan fingerprint density at radius 1 is 1.09 bits per heavy atom. The lowest BCUT2D eigenvalue weighted by atomic mass is 10.1. The van der Waals surface area contributed by atoms with Crippen LogP contribution in [0.3, 0.4) is 0 Å². The van der Waals surface area contributed by atoms with Gasteiger partial charge in [-0.1, -0.05) is 30.3 Å². The predicted octanol–water partition coefficient (Wildman–Crippen LogP) is 3.40.